The number of halogens is 1. The first-order valence-corrected chi connectivity index (χ1v) is 22.0. The monoisotopic (exact) mass is 830 g/mol. The van der Waals surface area contributed by atoms with Crippen LogP contribution in [-0.2, 0) is 33.6 Å². The summed E-state index contributed by atoms with van der Waals surface area (Å²) in [5.41, 5.74) is -0.0967. The molecule has 8 nitrogen and oxygen atoms in total. The Morgan fingerprint density at radius 3 is 2.42 bits per heavy atom. The van der Waals surface area contributed by atoms with Crippen molar-refractivity contribution in [3.8, 4) is 0 Å². The van der Waals surface area contributed by atoms with Gasteiger partial charge in [0.25, 0.3) is 0 Å². The van der Waals surface area contributed by atoms with Gasteiger partial charge in [-0.1, -0.05) is 81.5 Å². The molecule has 0 aliphatic carbocycles. The van der Waals surface area contributed by atoms with E-state index in [1.165, 1.54) is 0 Å². The molecule has 3 aliphatic rings. The third-order valence-corrected chi connectivity index (χ3v) is 14.6. The number of hydrogen-bond donors (Lipinski definition) is 1. The number of alkyl halides is 1. The van der Waals surface area contributed by atoms with E-state index < -0.39 is 21.4 Å². The molecular weight excluding hydrogens is 767 g/mol. The minimum atomic E-state index is -3.53. The van der Waals surface area contributed by atoms with Gasteiger partial charge in [-0.3, -0.25) is 4.79 Å². The standard InChI is InChI=1S/C40H63IO8S/c1-9-26(2)20-35-29(5)33(24-50(44,45)32-15-11-10-12-16-32)36(48-35)22-34(42)28(4)27(3)21-30-17-18-37-40(25-41,49-30)23-31(47-37)14-13-19-46-38(43)39(6,7)8/h10-12,15-16,26-27,29-31,33-37,42H,4,9,13-14,17-25H2,1-3,5-8H3/t26-,27-,29-,30?,31+,33-,34?,35-,36+,37+,40-/m1/s1. The zero-order chi connectivity index (χ0) is 36.9. The summed E-state index contributed by atoms with van der Waals surface area (Å²) in [6.07, 6.45) is 6.11. The molecule has 0 amide bonds. The van der Waals surface area contributed by atoms with Gasteiger partial charge in [-0.2, -0.15) is 0 Å². The van der Waals surface area contributed by atoms with Crippen molar-refractivity contribution >= 4 is 38.4 Å². The second-order valence-corrected chi connectivity index (χ2v) is 19.3. The third kappa shape index (κ3) is 10.5. The number of rotatable bonds is 17. The van der Waals surface area contributed by atoms with E-state index in [1.54, 1.807) is 24.3 Å². The maximum Gasteiger partial charge on any atom is 0.311 e. The second kappa shape index (κ2) is 17.9. The summed E-state index contributed by atoms with van der Waals surface area (Å²) in [6.45, 7) is 18.9. The molecule has 1 aromatic carbocycles. The van der Waals surface area contributed by atoms with E-state index >= 15 is 0 Å². The smallest absolute Gasteiger partial charge is 0.311 e. The minimum Gasteiger partial charge on any atom is -0.465 e. The van der Waals surface area contributed by atoms with Crippen LogP contribution in [0.1, 0.15) is 106 Å². The molecule has 284 valence electrons. The van der Waals surface area contributed by atoms with Crippen LogP contribution in [0.5, 0.6) is 0 Å². The Hall–Kier alpha value is -1.05. The summed E-state index contributed by atoms with van der Waals surface area (Å²) in [7, 11) is -3.53. The van der Waals surface area contributed by atoms with Crippen LogP contribution in [0, 0.1) is 29.1 Å². The van der Waals surface area contributed by atoms with Gasteiger partial charge in [0.15, 0.2) is 9.84 Å². The highest BCUT2D eigenvalue weighted by Gasteiger charge is 2.52. The zero-order valence-corrected chi connectivity index (χ0v) is 34.4. The predicted octanol–water partition coefficient (Wildman–Crippen LogP) is 8.13. The number of esters is 1. The van der Waals surface area contributed by atoms with Crippen molar-refractivity contribution in [2.45, 2.75) is 153 Å². The van der Waals surface area contributed by atoms with Gasteiger partial charge < -0.3 is 24.1 Å². The average molecular weight is 831 g/mol. The normalized spacial score (nSPS) is 31.9. The highest BCUT2D eigenvalue weighted by Crippen LogP contribution is 2.46. The number of hydrogen-bond acceptors (Lipinski definition) is 8. The molecule has 10 heteroatoms. The molecule has 0 bridgehead atoms. The quantitative estimate of drug-likeness (QED) is 0.0552. The molecule has 1 aromatic rings. The Morgan fingerprint density at radius 2 is 1.78 bits per heavy atom. The topological polar surface area (TPSA) is 108 Å². The molecule has 3 aliphatic heterocycles. The number of benzene rings is 1. The first-order valence-electron chi connectivity index (χ1n) is 18.9. The van der Waals surface area contributed by atoms with E-state index in [2.05, 4.69) is 56.9 Å². The Kier molecular flexibility index (Phi) is 14.9. The fraction of sp³-hybridized carbons (Fsp3) is 0.775. The van der Waals surface area contributed by atoms with E-state index in [9.17, 15) is 18.3 Å². The van der Waals surface area contributed by atoms with Crippen LogP contribution < -0.4 is 0 Å². The molecule has 11 atom stereocenters. The van der Waals surface area contributed by atoms with Gasteiger partial charge in [0.05, 0.1) is 59.3 Å². The van der Waals surface area contributed by atoms with E-state index in [4.69, 9.17) is 18.9 Å². The Balaban J connectivity index is 1.34. The van der Waals surface area contributed by atoms with E-state index in [-0.39, 0.29) is 65.6 Å². The van der Waals surface area contributed by atoms with Crippen molar-refractivity contribution in [2.24, 2.45) is 29.1 Å². The van der Waals surface area contributed by atoms with Crippen molar-refractivity contribution in [3.63, 3.8) is 0 Å². The first-order chi connectivity index (χ1) is 23.5. The fourth-order valence-corrected chi connectivity index (χ4v) is 10.7. The molecule has 0 saturated carbocycles. The van der Waals surface area contributed by atoms with Crippen LogP contribution in [0.15, 0.2) is 47.4 Å². The zero-order valence-electron chi connectivity index (χ0n) is 31.4. The number of fused-ring (bicyclic) bond motifs is 1. The van der Waals surface area contributed by atoms with Gasteiger partial charge in [0.1, 0.15) is 5.60 Å². The Bertz CT molecular complexity index is 1360. The fourth-order valence-electron chi connectivity index (χ4n) is 7.91. The summed E-state index contributed by atoms with van der Waals surface area (Å²) in [5.74, 6) is 0.113. The summed E-state index contributed by atoms with van der Waals surface area (Å²) >= 11 is 2.42. The van der Waals surface area contributed by atoms with Gasteiger partial charge in [0.2, 0.25) is 0 Å². The second-order valence-electron chi connectivity index (χ2n) is 16.5. The number of ether oxygens (including phenoxy) is 4. The Labute approximate surface area is 315 Å². The molecule has 3 saturated heterocycles. The molecule has 0 aromatic heterocycles. The van der Waals surface area contributed by atoms with Gasteiger partial charge in [-0.15, -0.1) is 0 Å². The van der Waals surface area contributed by atoms with Crippen LogP contribution in [0.3, 0.4) is 0 Å². The number of aliphatic hydroxyl groups is 1. The number of aliphatic hydroxyl groups excluding tert-OH is 1. The van der Waals surface area contributed by atoms with Gasteiger partial charge in [0, 0.05) is 23.2 Å². The average Bonchev–Trinajstić information content (AvgIpc) is 3.58. The maximum atomic E-state index is 13.5. The van der Waals surface area contributed by atoms with Crippen LogP contribution in [0.2, 0.25) is 0 Å². The maximum absolute atomic E-state index is 13.5. The molecule has 3 heterocycles. The summed E-state index contributed by atoms with van der Waals surface area (Å²) in [5, 5.41) is 11.6. The molecule has 4 rings (SSSR count). The summed E-state index contributed by atoms with van der Waals surface area (Å²) < 4.78 is 53.3. The summed E-state index contributed by atoms with van der Waals surface area (Å²) in [4.78, 5) is 12.5. The van der Waals surface area contributed by atoms with Crippen LogP contribution in [0.4, 0.5) is 0 Å². The van der Waals surface area contributed by atoms with Crippen molar-refractivity contribution in [2.75, 3.05) is 16.8 Å². The van der Waals surface area contributed by atoms with E-state index in [0.29, 0.717) is 23.8 Å². The Morgan fingerprint density at radius 1 is 1.08 bits per heavy atom. The third-order valence-electron chi connectivity index (χ3n) is 11.5. The SMILES string of the molecule is C=C(C(O)C[C@@H]1O[C@H](C[C@H](C)CC)[C@H](C)[C@H]1CS(=O)(=O)c1ccccc1)[C@H](C)CC1CC[C@@H]2O[C@@H](CCCOC(=O)C(C)(C)C)C[C@]2(CI)O1. The highest BCUT2D eigenvalue weighted by atomic mass is 127. The van der Waals surface area contributed by atoms with Crippen LogP contribution in [-0.4, -0.2) is 78.5 Å². The molecule has 2 unspecified atom stereocenters. The van der Waals surface area contributed by atoms with Crippen molar-refractivity contribution in [3.05, 3.63) is 42.5 Å². The van der Waals surface area contributed by atoms with Gasteiger partial charge >= 0.3 is 5.97 Å². The number of carbonyl (C=O) groups excluding carboxylic acids is 1. The van der Waals surface area contributed by atoms with E-state index in [0.717, 1.165) is 61.4 Å². The van der Waals surface area contributed by atoms with Crippen LogP contribution in [0.25, 0.3) is 0 Å². The lowest BCUT2D eigenvalue weighted by atomic mass is 9.82. The molecule has 1 N–H and O–H groups in total. The van der Waals surface area contributed by atoms with Gasteiger partial charge in [-0.25, -0.2) is 8.42 Å². The lowest BCUT2D eigenvalue weighted by Gasteiger charge is -2.42. The largest absolute Gasteiger partial charge is 0.465 e. The van der Waals surface area contributed by atoms with Crippen LogP contribution >= 0.6 is 22.6 Å². The molecule has 3 fully saturated rings. The van der Waals surface area contributed by atoms with E-state index in [1.807, 2.05) is 26.8 Å². The lowest BCUT2D eigenvalue weighted by molar-refractivity contribution is -0.156. The first kappa shape index (κ1) is 41.7. The number of carbonyl (C=O) groups is 1. The lowest BCUT2D eigenvalue weighted by Crippen LogP contribution is -2.50. The molecule has 0 spiro atoms. The summed E-state index contributed by atoms with van der Waals surface area (Å²) in [6, 6.07) is 8.64. The van der Waals surface area contributed by atoms with Crippen molar-refractivity contribution in [1.82, 2.24) is 0 Å². The molecule has 50 heavy (non-hydrogen) atoms. The minimum absolute atomic E-state index is 0.00476. The van der Waals surface area contributed by atoms with Gasteiger partial charge in [-0.05, 0) is 94.8 Å². The predicted molar refractivity (Wildman–Crippen MR) is 206 cm³/mol. The molecule has 0 radical (unpaired) electrons. The van der Waals surface area contributed by atoms with Crippen molar-refractivity contribution in [1.29, 1.82) is 0 Å². The molecular formula is C40H63IO8S. The van der Waals surface area contributed by atoms with Crippen molar-refractivity contribution < 1.29 is 37.3 Å². The number of sulfone groups is 1. The highest BCUT2D eigenvalue weighted by molar-refractivity contribution is 14.1.